The van der Waals surface area contributed by atoms with E-state index in [0.29, 0.717) is 38.6 Å². The maximum Gasteiger partial charge on any atom is 0.326 e. The summed E-state index contributed by atoms with van der Waals surface area (Å²) in [5, 5.41) is 11.9. The van der Waals surface area contributed by atoms with E-state index >= 15 is 0 Å². The number of esters is 1. The van der Waals surface area contributed by atoms with Gasteiger partial charge in [-0.2, -0.15) is 0 Å². The van der Waals surface area contributed by atoms with Crippen LogP contribution < -0.4 is 11.1 Å². The Hall–Kier alpha value is -3.45. The van der Waals surface area contributed by atoms with E-state index in [1.807, 2.05) is 6.08 Å². The largest absolute Gasteiger partial charge is 0.480 e. The van der Waals surface area contributed by atoms with Gasteiger partial charge in [0.15, 0.2) is 0 Å². The first-order chi connectivity index (χ1) is 27.4. The fraction of sp³-hybridized carbons (Fsp3) is 0.653. The summed E-state index contributed by atoms with van der Waals surface area (Å²) in [4.78, 5) is 36.5. The van der Waals surface area contributed by atoms with Gasteiger partial charge in [0, 0.05) is 12.8 Å². The van der Waals surface area contributed by atoms with E-state index in [2.05, 4.69) is 98.2 Å². The first-order valence-corrected chi connectivity index (χ1v) is 22.4. The molecule has 7 nitrogen and oxygen atoms in total. The van der Waals surface area contributed by atoms with Crippen LogP contribution in [0, 0.1) is 0 Å². The van der Waals surface area contributed by atoms with Gasteiger partial charge >= 0.3 is 11.9 Å². The summed E-state index contributed by atoms with van der Waals surface area (Å²) < 4.78 is 5.89. The molecule has 318 valence electrons. The summed E-state index contributed by atoms with van der Waals surface area (Å²) in [6.45, 7) is 4.78. The van der Waals surface area contributed by atoms with Crippen LogP contribution >= 0.6 is 0 Å². The van der Waals surface area contributed by atoms with Crippen molar-refractivity contribution >= 4 is 17.8 Å². The lowest BCUT2D eigenvalue weighted by Crippen LogP contribution is -2.40. The number of allylic oxidation sites excluding steroid dienone is 13. The van der Waals surface area contributed by atoms with Crippen molar-refractivity contribution in [3.05, 3.63) is 85.1 Å². The standard InChI is InChI=1S/C49H82N2O5/c1-3-5-7-9-11-13-15-16-17-18-19-20-21-22-23-24-26-28-30-32-37-43-48(53)56-45(39-34-31-29-27-25-14-12-10-8-6-4-2)40-35-33-36-42-47(52)51-46(49(54)55)41-38-44-50/h6,8,12,14-16,18-19,21-22,27,29,34,39,45-46H,3-5,7,9-11,13,17,20,23-26,28,30-33,35-38,40-44,50H2,1-2H3,(H,51,52)(H,54,55)/b8-6-,14-12-,16-15-,19-18-,22-21-,29-27-,39-34-. The highest BCUT2D eigenvalue weighted by Gasteiger charge is 2.19. The van der Waals surface area contributed by atoms with Crippen LogP contribution in [0.4, 0.5) is 0 Å². The first kappa shape index (κ1) is 52.6. The molecule has 0 spiro atoms. The van der Waals surface area contributed by atoms with Gasteiger partial charge in [0.05, 0.1) is 0 Å². The molecule has 0 radical (unpaired) electrons. The normalized spacial score (nSPS) is 13.5. The molecule has 0 aromatic heterocycles. The van der Waals surface area contributed by atoms with E-state index in [0.717, 1.165) is 77.0 Å². The van der Waals surface area contributed by atoms with Crippen molar-refractivity contribution in [3.8, 4) is 0 Å². The molecule has 0 aliphatic heterocycles. The van der Waals surface area contributed by atoms with E-state index in [-0.39, 0.29) is 24.4 Å². The van der Waals surface area contributed by atoms with Crippen molar-refractivity contribution in [3.63, 3.8) is 0 Å². The number of amides is 1. The van der Waals surface area contributed by atoms with Crippen molar-refractivity contribution in [2.75, 3.05) is 6.54 Å². The number of ether oxygens (including phenoxy) is 1. The lowest BCUT2D eigenvalue weighted by atomic mass is 10.1. The van der Waals surface area contributed by atoms with Gasteiger partial charge in [-0.3, -0.25) is 9.59 Å². The highest BCUT2D eigenvalue weighted by molar-refractivity contribution is 5.83. The number of carbonyl (C=O) groups is 3. The Kier molecular flexibility index (Phi) is 40.1. The van der Waals surface area contributed by atoms with Crippen LogP contribution in [0.25, 0.3) is 0 Å². The van der Waals surface area contributed by atoms with Gasteiger partial charge in [0.25, 0.3) is 0 Å². The number of carboxylic acids is 1. The average Bonchev–Trinajstić information content (AvgIpc) is 3.18. The molecule has 0 saturated carbocycles. The Labute approximate surface area is 343 Å². The van der Waals surface area contributed by atoms with Gasteiger partial charge in [-0.1, -0.05) is 151 Å². The molecule has 0 heterocycles. The Bertz CT molecular complexity index is 1150. The van der Waals surface area contributed by atoms with Crippen LogP contribution in [0.5, 0.6) is 0 Å². The fourth-order valence-corrected chi connectivity index (χ4v) is 6.07. The molecular formula is C49H82N2O5. The molecule has 2 unspecified atom stereocenters. The topological polar surface area (TPSA) is 119 Å². The molecule has 0 aromatic carbocycles. The van der Waals surface area contributed by atoms with Crippen LogP contribution in [-0.2, 0) is 19.1 Å². The van der Waals surface area contributed by atoms with Gasteiger partial charge in [-0.25, -0.2) is 4.79 Å². The van der Waals surface area contributed by atoms with E-state index in [1.54, 1.807) is 0 Å². The molecule has 0 aliphatic rings. The predicted octanol–water partition coefficient (Wildman–Crippen LogP) is 12.9. The minimum Gasteiger partial charge on any atom is -0.480 e. The number of rotatable bonds is 39. The number of hydrogen-bond donors (Lipinski definition) is 3. The van der Waals surface area contributed by atoms with Gasteiger partial charge in [-0.05, 0) is 115 Å². The van der Waals surface area contributed by atoms with Crippen LogP contribution in [0.2, 0.25) is 0 Å². The second-order valence-corrected chi connectivity index (χ2v) is 14.7. The molecule has 0 rings (SSSR count). The maximum atomic E-state index is 12.8. The summed E-state index contributed by atoms with van der Waals surface area (Å²) >= 11 is 0. The zero-order valence-corrected chi connectivity index (χ0v) is 35.7. The number of carboxylic acid groups (broad SMARTS) is 1. The van der Waals surface area contributed by atoms with Crippen molar-refractivity contribution in [1.29, 1.82) is 0 Å². The number of hydrogen-bond acceptors (Lipinski definition) is 5. The molecule has 56 heavy (non-hydrogen) atoms. The third-order valence-electron chi connectivity index (χ3n) is 9.43. The van der Waals surface area contributed by atoms with E-state index in [4.69, 9.17) is 10.5 Å². The molecule has 0 bridgehead atoms. The highest BCUT2D eigenvalue weighted by Crippen LogP contribution is 2.14. The number of nitrogens with one attached hydrogen (secondary N) is 1. The summed E-state index contributed by atoms with van der Waals surface area (Å²) in [7, 11) is 0. The Morgan fingerprint density at radius 2 is 1.04 bits per heavy atom. The minimum absolute atomic E-state index is 0.151. The lowest BCUT2D eigenvalue weighted by Gasteiger charge is -2.15. The summed E-state index contributed by atoms with van der Waals surface area (Å²) in [6, 6.07) is -0.898. The molecular weight excluding hydrogens is 697 g/mol. The maximum absolute atomic E-state index is 12.8. The van der Waals surface area contributed by atoms with Gasteiger partial charge in [0.1, 0.15) is 12.1 Å². The average molecular weight is 779 g/mol. The quantitative estimate of drug-likeness (QED) is 0.0325. The molecule has 1 amide bonds. The second-order valence-electron chi connectivity index (χ2n) is 14.7. The second kappa shape index (κ2) is 42.7. The van der Waals surface area contributed by atoms with Crippen LogP contribution in [0.3, 0.4) is 0 Å². The fourth-order valence-electron chi connectivity index (χ4n) is 6.07. The summed E-state index contributed by atoms with van der Waals surface area (Å²) in [5.41, 5.74) is 5.49. The number of carbonyl (C=O) groups excluding carboxylic acids is 2. The smallest absolute Gasteiger partial charge is 0.326 e. The van der Waals surface area contributed by atoms with Crippen LogP contribution in [0.1, 0.15) is 187 Å². The predicted molar refractivity (Wildman–Crippen MR) is 238 cm³/mol. The Morgan fingerprint density at radius 1 is 0.554 bits per heavy atom. The Balaban J connectivity index is 4.40. The number of nitrogens with two attached hydrogens (primary N) is 1. The summed E-state index contributed by atoms with van der Waals surface area (Å²) in [6.07, 6.45) is 56.4. The van der Waals surface area contributed by atoms with Crippen molar-refractivity contribution in [2.45, 2.75) is 199 Å². The molecule has 4 N–H and O–H groups in total. The van der Waals surface area contributed by atoms with E-state index in [1.165, 1.54) is 57.8 Å². The van der Waals surface area contributed by atoms with Crippen LogP contribution in [-0.4, -0.2) is 41.6 Å². The molecule has 7 heteroatoms. The van der Waals surface area contributed by atoms with Crippen molar-refractivity contribution < 1.29 is 24.2 Å². The molecule has 0 saturated heterocycles. The number of unbranched alkanes of at least 4 members (excludes halogenated alkanes) is 13. The Morgan fingerprint density at radius 3 is 1.59 bits per heavy atom. The van der Waals surface area contributed by atoms with Crippen molar-refractivity contribution in [2.24, 2.45) is 5.73 Å². The number of aliphatic carboxylic acids is 1. The lowest BCUT2D eigenvalue weighted by molar-refractivity contribution is -0.147. The molecule has 0 aromatic rings. The van der Waals surface area contributed by atoms with Crippen LogP contribution in [0.15, 0.2) is 85.1 Å². The van der Waals surface area contributed by atoms with Gasteiger partial charge < -0.3 is 20.9 Å². The van der Waals surface area contributed by atoms with Crippen molar-refractivity contribution in [1.82, 2.24) is 5.32 Å². The molecule has 0 fully saturated rings. The summed E-state index contributed by atoms with van der Waals surface area (Å²) in [5.74, 6) is -1.44. The molecule has 2 atom stereocenters. The zero-order valence-electron chi connectivity index (χ0n) is 35.7. The zero-order chi connectivity index (χ0) is 41.0. The molecule has 0 aliphatic carbocycles. The van der Waals surface area contributed by atoms with Gasteiger partial charge in [-0.15, -0.1) is 0 Å². The minimum atomic E-state index is -1.03. The first-order valence-electron chi connectivity index (χ1n) is 22.4. The van der Waals surface area contributed by atoms with E-state index < -0.39 is 12.0 Å². The third kappa shape index (κ3) is 38.8. The third-order valence-corrected chi connectivity index (χ3v) is 9.43. The van der Waals surface area contributed by atoms with E-state index in [9.17, 15) is 19.5 Å². The SMILES string of the molecule is CC/C=C\C/C=C\C/C=C\C/C=C\C(CCCCCC(=O)NC(CCCN)C(=O)O)OC(=O)CCCCCCCC/C=C\C/C=C\C/C=C\CCCCCCC. The van der Waals surface area contributed by atoms with Gasteiger partial charge in [0.2, 0.25) is 5.91 Å². The monoisotopic (exact) mass is 779 g/mol. The highest BCUT2D eigenvalue weighted by atomic mass is 16.5.